The summed E-state index contributed by atoms with van der Waals surface area (Å²) in [5, 5.41) is 3.28. The molecule has 3 rings (SSSR count). The molecule has 2 nitrogen and oxygen atoms in total. The Hall–Kier alpha value is -2.65. The molecule has 0 saturated carbocycles. The smallest absolute Gasteiger partial charge is 0.119 e. The minimum atomic E-state index is 0.566. The molecule has 0 saturated heterocycles. The van der Waals surface area contributed by atoms with E-state index in [-0.39, 0.29) is 0 Å². The van der Waals surface area contributed by atoms with Gasteiger partial charge in [0.05, 0.1) is 0 Å². The molecule has 0 fully saturated rings. The molecule has 3 aromatic rings. The minimum Gasteiger partial charge on any atom is -0.489 e. The lowest BCUT2D eigenvalue weighted by molar-refractivity contribution is 0.306. The van der Waals surface area contributed by atoms with E-state index in [1.165, 1.54) is 5.56 Å². The van der Waals surface area contributed by atoms with E-state index in [9.17, 15) is 0 Å². The van der Waals surface area contributed by atoms with Gasteiger partial charge in [-0.3, -0.25) is 0 Å². The zero-order valence-corrected chi connectivity index (χ0v) is 14.1. The van der Waals surface area contributed by atoms with Crippen molar-refractivity contribution in [2.75, 3.05) is 0 Å². The van der Waals surface area contributed by atoms with Gasteiger partial charge in [-0.1, -0.05) is 72.9 Å². The maximum atomic E-state index is 5.79. The molecule has 0 heterocycles. The second kappa shape index (κ2) is 8.27. The van der Waals surface area contributed by atoms with E-state index < -0.39 is 0 Å². The molecular weight excluding hydrogens is 314 g/mol. The summed E-state index contributed by atoms with van der Waals surface area (Å²) in [4.78, 5) is 0.744. The van der Waals surface area contributed by atoms with E-state index in [1.807, 2.05) is 60.7 Å². The van der Waals surface area contributed by atoms with Crippen LogP contribution in [0.15, 0.2) is 84.9 Å². The number of nitrogens with one attached hydrogen (secondary N) is 1. The molecule has 1 N–H and O–H groups in total. The zero-order valence-electron chi connectivity index (χ0n) is 13.3. The van der Waals surface area contributed by atoms with Gasteiger partial charge >= 0.3 is 0 Å². The van der Waals surface area contributed by atoms with Crippen molar-refractivity contribution >= 4 is 17.2 Å². The predicted molar refractivity (Wildman–Crippen MR) is 102 cm³/mol. The van der Waals surface area contributed by atoms with Crippen LogP contribution < -0.4 is 10.1 Å². The lowest BCUT2D eigenvalue weighted by Gasteiger charge is -2.10. The first-order valence-corrected chi connectivity index (χ1v) is 8.31. The Morgan fingerprint density at radius 3 is 1.96 bits per heavy atom. The molecule has 0 bridgehead atoms. The van der Waals surface area contributed by atoms with Crippen molar-refractivity contribution in [3.63, 3.8) is 0 Å². The first-order valence-electron chi connectivity index (χ1n) is 7.90. The van der Waals surface area contributed by atoms with E-state index in [1.54, 1.807) is 0 Å². The Morgan fingerprint density at radius 1 is 0.750 bits per heavy atom. The maximum absolute atomic E-state index is 5.79. The van der Waals surface area contributed by atoms with Crippen LogP contribution in [-0.4, -0.2) is 4.99 Å². The summed E-state index contributed by atoms with van der Waals surface area (Å²) < 4.78 is 5.79. The third kappa shape index (κ3) is 4.67. The molecule has 0 aliphatic heterocycles. The van der Waals surface area contributed by atoms with Gasteiger partial charge in [0.2, 0.25) is 0 Å². The second-order valence-electron chi connectivity index (χ2n) is 5.47. The molecule has 0 unspecified atom stereocenters. The molecule has 3 heteroatoms. The Labute approximate surface area is 148 Å². The third-order valence-corrected chi connectivity index (χ3v) is 4.04. The molecule has 120 valence electrons. The fourth-order valence-corrected chi connectivity index (χ4v) is 2.53. The zero-order chi connectivity index (χ0) is 16.6. The van der Waals surface area contributed by atoms with E-state index in [2.05, 4.69) is 29.6 Å². The number of benzene rings is 3. The first-order chi connectivity index (χ1) is 11.8. The Kier molecular flexibility index (Phi) is 5.59. The highest BCUT2D eigenvalue weighted by Gasteiger charge is 2.02. The highest BCUT2D eigenvalue weighted by Crippen LogP contribution is 2.14. The van der Waals surface area contributed by atoms with Crippen LogP contribution in [0, 0.1) is 0 Å². The van der Waals surface area contributed by atoms with Crippen LogP contribution in [0.25, 0.3) is 0 Å². The number of hydrogen-bond donors (Lipinski definition) is 1. The van der Waals surface area contributed by atoms with Gasteiger partial charge in [0.15, 0.2) is 0 Å². The molecular formula is C21H19NOS. The van der Waals surface area contributed by atoms with Gasteiger partial charge in [-0.25, -0.2) is 0 Å². The summed E-state index contributed by atoms with van der Waals surface area (Å²) in [6.45, 7) is 1.29. The number of thiocarbonyl (C=S) groups is 1. The highest BCUT2D eigenvalue weighted by molar-refractivity contribution is 7.80. The molecule has 0 radical (unpaired) electrons. The Bertz CT molecular complexity index is 770. The van der Waals surface area contributed by atoms with Gasteiger partial charge in [0.1, 0.15) is 17.3 Å². The fourth-order valence-electron chi connectivity index (χ4n) is 2.32. The Balaban J connectivity index is 1.53. The minimum absolute atomic E-state index is 0.566. The van der Waals surface area contributed by atoms with E-state index in [0.29, 0.717) is 6.61 Å². The van der Waals surface area contributed by atoms with Crippen molar-refractivity contribution in [1.29, 1.82) is 0 Å². The lowest BCUT2D eigenvalue weighted by atomic mass is 10.2. The van der Waals surface area contributed by atoms with E-state index in [4.69, 9.17) is 17.0 Å². The molecule has 0 aliphatic rings. The molecule has 0 atom stereocenters. The summed E-state index contributed by atoms with van der Waals surface area (Å²) in [6.07, 6.45) is 0. The monoisotopic (exact) mass is 333 g/mol. The number of hydrogen-bond acceptors (Lipinski definition) is 2. The third-order valence-electron chi connectivity index (χ3n) is 3.66. The molecule has 0 amide bonds. The van der Waals surface area contributed by atoms with Crippen LogP contribution in [0.4, 0.5) is 0 Å². The second-order valence-corrected chi connectivity index (χ2v) is 5.88. The van der Waals surface area contributed by atoms with Crippen LogP contribution >= 0.6 is 12.2 Å². The standard InChI is InChI=1S/C21H19NOS/c24-21(22-15-17-7-3-1-4-8-17)19-11-13-20(14-12-19)23-16-18-9-5-2-6-10-18/h1-14H,15-16H2,(H,22,24). The molecule has 0 aliphatic carbocycles. The highest BCUT2D eigenvalue weighted by atomic mass is 32.1. The van der Waals surface area contributed by atoms with Crippen LogP contribution in [0.3, 0.4) is 0 Å². The van der Waals surface area contributed by atoms with Crippen molar-refractivity contribution in [3.05, 3.63) is 102 Å². The van der Waals surface area contributed by atoms with E-state index >= 15 is 0 Å². The van der Waals surface area contributed by atoms with Crippen LogP contribution in [0.5, 0.6) is 5.75 Å². The predicted octanol–water partition coefficient (Wildman–Crippen LogP) is 4.73. The summed E-state index contributed by atoms with van der Waals surface area (Å²) in [5.41, 5.74) is 3.36. The lowest BCUT2D eigenvalue weighted by Crippen LogP contribution is -2.21. The molecule has 0 spiro atoms. The quantitative estimate of drug-likeness (QED) is 0.659. The van der Waals surface area contributed by atoms with Crippen molar-refractivity contribution in [3.8, 4) is 5.75 Å². The van der Waals surface area contributed by atoms with E-state index in [0.717, 1.165) is 28.4 Å². The van der Waals surface area contributed by atoms with Crippen molar-refractivity contribution in [2.24, 2.45) is 0 Å². The van der Waals surface area contributed by atoms with Crippen LogP contribution in [0.2, 0.25) is 0 Å². The van der Waals surface area contributed by atoms with Gasteiger partial charge < -0.3 is 10.1 Å². The number of rotatable bonds is 6. The van der Waals surface area contributed by atoms with Crippen molar-refractivity contribution in [2.45, 2.75) is 13.2 Å². The summed E-state index contributed by atoms with van der Waals surface area (Å²) in [5.74, 6) is 0.841. The summed E-state index contributed by atoms with van der Waals surface area (Å²) in [6, 6.07) is 28.2. The topological polar surface area (TPSA) is 21.3 Å². The summed E-state index contributed by atoms with van der Waals surface area (Å²) >= 11 is 5.45. The molecule has 3 aromatic carbocycles. The fraction of sp³-hybridized carbons (Fsp3) is 0.0952. The van der Waals surface area contributed by atoms with Gasteiger partial charge in [-0.15, -0.1) is 0 Å². The van der Waals surface area contributed by atoms with Gasteiger partial charge in [-0.05, 0) is 35.4 Å². The first kappa shape index (κ1) is 16.2. The Morgan fingerprint density at radius 2 is 1.33 bits per heavy atom. The van der Waals surface area contributed by atoms with Gasteiger partial charge in [0, 0.05) is 12.1 Å². The maximum Gasteiger partial charge on any atom is 0.119 e. The largest absolute Gasteiger partial charge is 0.489 e. The van der Waals surface area contributed by atoms with Gasteiger partial charge in [0.25, 0.3) is 0 Å². The molecule has 0 aromatic heterocycles. The average molecular weight is 333 g/mol. The van der Waals surface area contributed by atoms with Crippen LogP contribution in [-0.2, 0) is 13.2 Å². The SMILES string of the molecule is S=C(NCc1ccccc1)c1ccc(OCc2ccccc2)cc1. The molecule has 24 heavy (non-hydrogen) atoms. The van der Waals surface area contributed by atoms with Crippen molar-refractivity contribution in [1.82, 2.24) is 5.32 Å². The van der Waals surface area contributed by atoms with Gasteiger partial charge in [-0.2, -0.15) is 0 Å². The van der Waals surface area contributed by atoms with Crippen LogP contribution in [0.1, 0.15) is 16.7 Å². The normalized spacial score (nSPS) is 10.2. The number of ether oxygens (including phenoxy) is 1. The summed E-state index contributed by atoms with van der Waals surface area (Å²) in [7, 11) is 0. The van der Waals surface area contributed by atoms with Crippen molar-refractivity contribution < 1.29 is 4.74 Å². The average Bonchev–Trinajstić information content (AvgIpc) is 2.66.